The molecule has 100 valence electrons. The van der Waals surface area contributed by atoms with E-state index in [1.54, 1.807) is 24.3 Å². The third kappa shape index (κ3) is 3.20. The van der Waals surface area contributed by atoms with Gasteiger partial charge in [-0.25, -0.2) is 0 Å². The van der Waals surface area contributed by atoms with Gasteiger partial charge in [0.2, 0.25) is 0 Å². The van der Waals surface area contributed by atoms with E-state index < -0.39 is 0 Å². The molecule has 0 aliphatic carbocycles. The predicted molar refractivity (Wildman–Crippen MR) is 77.5 cm³/mol. The highest BCUT2D eigenvalue weighted by Crippen LogP contribution is 2.14. The molecule has 0 aromatic carbocycles. The van der Waals surface area contributed by atoms with Crippen molar-refractivity contribution in [2.24, 2.45) is 0 Å². The molecule has 0 saturated carbocycles. The van der Waals surface area contributed by atoms with Crippen molar-refractivity contribution in [2.75, 3.05) is 12.5 Å². The molecule has 1 unspecified atom stereocenters. The summed E-state index contributed by atoms with van der Waals surface area (Å²) in [5.74, 6) is 2.94. The van der Waals surface area contributed by atoms with Gasteiger partial charge in [0.05, 0.1) is 19.1 Å². The summed E-state index contributed by atoms with van der Waals surface area (Å²) >= 11 is 7.13. The molecule has 1 fully saturated rings. The summed E-state index contributed by atoms with van der Waals surface area (Å²) in [5, 5.41) is 0. The summed E-state index contributed by atoms with van der Waals surface area (Å²) in [6, 6.07) is 7.83. The van der Waals surface area contributed by atoms with E-state index in [1.807, 2.05) is 24.3 Å². The molecule has 0 radical (unpaired) electrons. The Hall–Kier alpha value is -1.24. The van der Waals surface area contributed by atoms with Crippen LogP contribution in [0.2, 0.25) is 0 Å². The lowest BCUT2D eigenvalue weighted by Crippen LogP contribution is -3.13. The Morgan fingerprint density at radius 3 is 2.63 bits per heavy atom. The summed E-state index contributed by atoms with van der Waals surface area (Å²) in [6.45, 7) is 2.50. The van der Waals surface area contributed by atoms with Crippen molar-refractivity contribution >= 4 is 28.3 Å². The van der Waals surface area contributed by atoms with E-state index in [2.05, 4.69) is 4.90 Å². The fourth-order valence-electron chi connectivity index (χ4n) is 2.11. The first kappa shape index (κ1) is 12.8. The average molecular weight is 295 g/mol. The second kappa shape index (κ2) is 5.81. The van der Waals surface area contributed by atoms with Crippen molar-refractivity contribution in [2.45, 2.75) is 13.1 Å². The standard InChI is InChI=1S/C13H14N2O2S2/c18-13-15(8-12-4-2-6-17-12)9-14(10-19-13)7-11-3-1-5-16-11/h1-6H,7-10H2/p+1. The minimum absolute atomic E-state index is 0.737. The van der Waals surface area contributed by atoms with E-state index in [0.29, 0.717) is 0 Å². The molecular weight excluding hydrogens is 280 g/mol. The van der Waals surface area contributed by atoms with Crippen molar-refractivity contribution in [1.82, 2.24) is 4.90 Å². The normalized spacial score (nSPS) is 19.9. The van der Waals surface area contributed by atoms with Crippen LogP contribution in [0.4, 0.5) is 0 Å². The van der Waals surface area contributed by atoms with Crippen molar-refractivity contribution in [1.29, 1.82) is 0 Å². The molecule has 2 aromatic heterocycles. The Balaban J connectivity index is 1.62. The van der Waals surface area contributed by atoms with Crippen LogP contribution >= 0.6 is 24.0 Å². The van der Waals surface area contributed by atoms with Crippen molar-refractivity contribution in [3.05, 3.63) is 48.3 Å². The number of furan rings is 2. The highest BCUT2D eigenvalue weighted by molar-refractivity contribution is 8.22. The molecule has 4 nitrogen and oxygen atoms in total. The van der Waals surface area contributed by atoms with Gasteiger partial charge in [0.25, 0.3) is 0 Å². The lowest BCUT2D eigenvalue weighted by atomic mass is 10.4. The Morgan fingerprint density at radius 2 is 1.95 bits per heavy atom. The van der Waals surface area contributed by atoms with Gasteiger partial charge in [-0.05, 0) is 36.0 Å². The number of thioether (sulfide) groups is 1. The highest BCUT2D eigenvalue weighted by atomic mass is 32.2. The van der Waals surface area contributed by atoms with E-state index in [-0.39, 0.29) is 0 Å². The van der Waals surface area contributed by atoms with E-state index in [9.17, 15) is 0 Å². The van der Waals surface area contributed by atoms with Gasteiger partial charge in [0.15, 0.2) is 12.4 Å². The Bertz CT molecular complexity index is 525. The van der Waals surface area contributed by atoms with Crippen molar-refractivity contribution < 1.29 is 13.7 Å². The first-order valence-electron chi connectivity index (χ1n) is 6.11. The van der Waals surface area contributed by atoms with E-state index in [4.69, 9.17) is 21.1 Å². The predicted octanol–water partition coefficient (Wildman–Crippen LogP) is 1.71. The van der Waals surface area contributed by atoms with Gasteiger partial charge in [-0.3, -0.25) is 0 Å². The van der Waals surface area contributed by atoms with Crippen molar-refractivity contribution in [3.63, 3.8) is 0 Å². The third-order valence-corrected chi connectivity index (χ3v) is 4.67. The van der Waals surface area contributed by atoms with Gasteiger partial charge >= 0.3 is 0 Å². The SMILES string of the molecule is S=C1SC[NH+](Cc2ccco2)CN1Cc1ccco1. The molecular formula is C13H15N2O2S2+. The molecule has 2 aromatic rings. The zero-order valence-electron chi connectivity index (χ0n) is 10.4. The highest BCUT2D eigenvalue weighted by Gasteiger charge is 2.26. The lowest BCUT2D eigenvalue weighted by molar-refractivity contribution is -0.912. The maximum atomic E-state index is 5.41. The molecule has 1 atom stereocenters. The van der Waals surface area contributed by atoms with Crippen LogP contribution in [-0.4, -0.2) is 21.8 Å². The molecule has 0 amide bonds. The molecule has 1 aliphatic heterocycles. The van der Waals surface area contributed by atoms with Crippen LogP contribution in [0, 0.1) is 0 Å². The second-order valence-corrected chi connectivity index (χ2v) is 6.11. The number of thiocarbonyl (C=S) groups is 1. The van der Waals surface area contributed by atoms with Crippen LogP contribution in [0.15, 0.2) is 45.6 Å². The fourth-order valence-corrected chi connectivity index (χ4v) is 3.25. The van der Waals surface area contributed by atoms with Gasteiger partial charge in [-0.1, -0.05) is 12.2 Å². The Labute approximate surface area is 121 Å². The number of hydrogen-bond acceptors (Lipinski definition) is 4. The van der Waals surface area contributed by atoms with Crippen LogP contribution in [-0.2, 0) is 13.1 Å². The maximum absolute atomic E-state index is 5.41. The van der Waals surface area contributed by atoms with E-state index >= 15 is 0 Å². The monoisotopic (exact) mass is 295 g/mol. The molecule has 3 heterocycles. The number of hydrogen-bond donors (Lipinski definition) is 1. The maximum Gasteiger partial charge on any atom is 0.158 e. The van der Waals surface area contributed by atoms with Crippen molar-refractivity contribution in [3.8, 4) is 0 Å². The minimum atomic E-state index is 0.737. The number of nitrogens with one attached hydrogen (secondary N) is 1. The van der Waals surface area contributed by atoms with Crippen LogP contribution in [0.3, 0.4) is 0 Å². The van der Waals surface area contributed by atoms with Crippen LogP contribution in [0.5, 0.6) is 0 Å². The van der Waals surface area contributed by atoms with Gasteiger partial charge in [0.1, 0.15) is 22.5 Å². The minimum Gasteiger partial charge on any atom is -0.467 e. The van der Waals surface area contributed by atoms with E-state index in [0.717, 1.165) is 41.5 Å². The molecule has 0 spiro atoms. The van der Waals surface area contributed by atoms with Gasteiger partial charge in [-0.15, -0.1) is 0 Å². The zero-order chi connectivity index (χ0) is 13.1. The quantitative estimate of drug-likeness (QED) is 0.869. The van der Waals surface area contributed by atoms with Gasteiger partial charge in [-0.2, -0.15) is 0 Å². The van der Waals surface area contributed by atoms with Crippen LogP contribution in [0.25, 0.3) is 0 Å². The first-order chi connectivity index (χ1) is 9.31. The third-order valence-electron chi connectivity index (χ3n) is 3.00. The molecule has 19 heavy (non-hydrogen) atoms. The van der Waals surface area contributed by atoms with Gasteiger partial charge in [0, 0.05) is 0 Å². The largest absolute Gasteiger partial charge is 0.467 e. The summed E-state index contributed by atoms with van der Waals surface area (Å²) in [6.07, 6.45) is 3.42. The molecule has 6 heteroatoms. The summed E-state index contributed by atoms with van der Waals surface area (Å²) in [4.78, 5) is 3.61. The zero-order valence-corrected chi connectivity index (χ0v) is 12.0. The average Bonchev–Trinajstić information content (AvgIpc) is 3.07. The number of nitrogens with zero attached hydrogens (tertiary/aromatic N) is 1. The van der Waals surface area contributed by atoms with E-state index in [1.165, 1.54) is 4.90 Å². The smallest absolute Gasteiger partial charge is 0.158 e. The van der Waals surface area contributed by atoms with Crippen LogP contribution < -0.4 is 4.90 Å². The Kier molecular flexibility index (Phi) is 3.91. The van der Waals surface area contributed by atoms with Gasteiger partial charge < -0.3 is 18.6 Å². The molecule has 1 aliphatic rings. The summed E-state index contributed by atoms with van der Waals surface area (Å²) in [7, 11) is 0. The summed E-state index contributed by atoms with van der Waals surface area (Å²) in [5.41, 5.74) is 0. The first-order valence-corrected chi connectivity index (χ1v) is 7.50. The van der Waals surface area contributed by atoms with Crippen LogP contribution in [0.1, 0.15) is 11.5 Å². The molecule has 3 rings (SSSR count). The molecule has 1 N–H and O–H groups in total. The number of quaternary nitrogens is 1. The lowest BCUT2D eigenvalue weighted by Gasteiger charge is -2.32. The molecule has 1 saturated heterocycles. The Morgan fingerprint density at radius 1 is 1.21 bits per heavy atom. The molecule has 0 bridgehead atoms. The topological polar surface area (TPSA) is 34.0 Å². The second-order valence-electron chi connectivity index (χ2n) is 4.50. The number of rotatable bonds is 4. The fraction of sp³-hybridized carbons (Fsp3) is 0.308. The summed E-state index contributed by atoms with van der Waals surface area (Å²) < 4.78 is 11.7.